The van der Waals surface area contributed by atoms with E-state index in [4.69, 9.17) is 14.2 Å². The molecule has 0 saturated carbocycles. The lowest BCUT2D eigenvalue weighted by molar-refractivity contribution is 0.0601. The van der Waals surface area contributed by atoms with Gasteiger partial charge in [-0.1, -0.05) is 0 Å². The van der Waals surface area contributed by atoms with E-state index in [-0.39, 0.29) is 0 Å². The zero-order chi connectivity index (χ0) is 17.0. The van der Waals surface area contributed by atoms with Gasteiger partial charge in [0.15, 0.2) is 0 Å². The van der Waals surface area contributed by atoms with E-state index in [0.29, 0.717) is 17.0 Å². The molecular formula is C17H18BrNO4. The summed E-state index contributed by atoms with van der Waals surface area (Å²) in [6.45, 7) is 1.95. The van der Waals surface area contributed by atoms with Gasteiger partial charge < -0.3 is 19.5 Å². The summed E-state index contributed by atoms with van der Waals surface area (Å²) in [7, 11) is 4.56. The zero-order valence-corrected chi connectivity index (χ0v) is 15.0. The summed E-state index contributed by atoms with van der Waals surface area (Å²) in [5, 5.41) is 3.27. The second-order valence-electron chi connectivity index (χ2n) is 4.79. The second-order valence-corrected chi connectivity index (χ2v) is 5.58. The fourth-order valence-corrected chi connectivity index (χ4v) is 2.61. The average Bonchev–Trinajstić information content (AvgIpc) is 2.58. The van der Waals surface area contributed by atoms with Crippen molar-refractivity contribution in [1.82, 2.24) is 0 Å². The Labute approximate surface area is 143 Å². The molecule has 0 aliphatic rings. The molecule has 0 spiro atoms. The molecule has 0 aromatic heterocycles. The van der Waals surface area contributed by atoms with E-state index in [1.165, 1.54) is 7.11 Å². The molecule has 0 bridgehead atoms. The van der Waals surface area contributed by atoms with Crippen molar-refractivity contribution in [3.63, 3.8) is 0 Å². The summed E-state index contributed by atoms with van der Waals surface area (Å²) >= 11 is 3.56. The highest BCUT2D eigenvalue weighted by atomic mass is 79.9. The molecule has 0 atom stereocenters. The first-order chi connectivity index (χ1) is 11.0. The third-order valence-corrected chi connectivity index (χ3v) is 4.47. The Morgan fingerprint density at radius 1 is 1.00 bits per heavy atom. The van der Waals surface area contributed by atoms with E-state index in [1.54, 1.807) is 32.4 Å². The van der Waals surface area contributed by atoms with Crippen LogP contribution in [0.15, 0.2) is 34.8 Å². The molecule has 0 aliphatic carbocycles. The molecule has 1 N–H and O–H groups in total. The van der Waals surface area contributed by atoms with Gasteiger partial charge in [0.2, 0.25) is 0 Å². The monoisotopic (exact) mass is 379 g/mol. The number of esters is 1. The lowest BCUT2D eigenvalue weighted by atomic mass is 10.1. The van der Waals surface area contributed by atoms with Gasteiger partial charge in [0.1, 0.15) is 11.5 Å². The maximum atomic E-state index is 11.7. The Morgan fingerprint density at radius 2 is 1.65 bits per heavy atom. The zero-order valence-electron chi connectivity index (χ0n) is 13.4. The van der Waals surface area contributed by atoms with E-state index >= 15 is 0 Å². The number of ether oxygens (including phenoxy) is 3. The minimum Gasteiger partial charge on any atom is -0.496 e. The van der Waals surface area contributed by atoms with Crippen LogP contribution < -0.4 is 14.8 Å². The van der Waals surface area contributed by atoms with Crippen LogP contribution in [-0.4, -0.2) is 27.3 Å². The highest BCUT2D eigenvalue weighted by Crippen LogP contribution is 2.36. The van der Waals surface area contributed by atoms with Gasteiger partial charge in [0, 0.05) is 10.0 Å². The molecule has 0 saturated heterocycles. The van der Waals surface area contributed by atoms with Crippen molar-refractivity contribution in [2.24, 2.45) is 0 Å². The molecule has 0 unspecified atom stereocenters. The van der Waals surface area contributed by atoms with E-state index in [2.05, 4.69) is 21.2 Å². The summed E-state index contributed by atoms with van der Waals surface area (Å²) in [4.78, 5) is 11.7. The van der Waals surface area contributed by atoms with E-state index in [0.717, 1.165) is 21.5 Å². The second kappa shape index (κ2) is 7.37. The van der Waals surface area contributed by atoms with Gasteiger partial charge >= 0.3 is 5.97 Å². The molecule has 6 heteroatoms. The normalized spacial score (nSPS) is 10.1. The predicted octanol–water partition coefficient (Wildman–Crippen LogP) is 4.30. The molecule has 2 aromatic carbocycles. The number of halogens is 1. The third kappa shape index (κ3) is 3.59. The Bertz CT molecular complexity index is 731. The Kier molecular flexibility index (Phi) is 5.50. The SMILES string of the molecule is COC(=O)c1ccc(OC)c(Nc2ccc(OC)c(C)c2Br)c1. The van der Waals surface area contributed by atoms with Crippen LogP contribution >= 0.6 is 15.9 Å². The van der Waals surface area contributed by atoms with Gasteiger partial charge in [-0.2, -0.15) is 0 Å². The lowest BCUT2D eigenvalue weighted by Gasteiger charge is -2.16. The first kappa shape index (κ1) is 17.1. The maximum Gasteiger partial charge on any atom is 0.337 e. The van der Waals surface area contributed by atoms with Gasteiger partial charge in [0.05, 0.1) is 38.3 Å². The average molecular weight is 380 g/mol. The molecular weight excluding hydrogens is 362 g/mol. The molecule has 2 aromatic rings. The molecule has 0 amide bonds. The van der Waals surface area contributed by atoms with Gasteiger partial charge in [-0.15, -0.1) is 0 Å². The number of rotatable bonds is 5. The largest absolute Gasteiger partial charge is 0.496 e. The standard InChI is InChI=1S/C17H18BrNO4/c1-10-14(21-2)8-6-12(16(10)18)19-13-9-11(17(20)23-4)5-7-15(13)22-3/h5-9,19H,1-4H3. The molecule has 122 valence electrons. The van der Waals surface area contributed by atoms with E-state index < -0.39 is 5.97 Å². The summed E-state index contributed by atoms with van der Waals surface area (Å²) < 4.78 is 16.3. The fraction of sp³-hybridized carbons (Fsp3) is 0.235. The van der Waals surface area contributed by atoms with Crippen LogP contribution in [0.5, 0.6) is 11.5 Å². The van der Waals surface area contributed by atoms with Crippen molar-refractivity contribution in [3.8, 4) is 11.5 Å². The van der Waals surface area contributed by atoms with E-state index in [9.17, 15) is 4.79 Å². The maximum absolute atomic E-state index is 11.7. The number of carbonyl (C=O) groups is 1. The van der Waals surface area contributed by atoms with Gasteiger partial charge in [-0.05, 0) is 53.2 Å². The first-order valence-electron chi connectivity index (χ1n) is 6.88. The van der Waals surface area contributed by atoms with Crippen molar-refractivity contribution in [2.75, 3.05) is 26.6 Å². The first-order valence-corrected chi connectivity index (χ1v) is 7.67. The van der Waals surface area contributed by atoms with Crippen LogP contribution in [0, 0.1) is 6.92 Å². The Hall–Kier alpha value is -2.21. The van der Waals surface area contributed by atoms with Crippen molar-refractivity contribution >= 4 is 33.3 Å². The quantitative estimate of drug-likeness (QED) is 0.784. The van der Waals surface area contributed by atoms with Crippen LogP contribution in [0.3, 0.4) is 0 Å². The number of hydrogen-bond donors (Lipinski definition) is 1. The third-order valence-electron chi connectivity index (χ3n) is 3.45. The Balaban J connectivity index is 2.43. The van der Waals surface area contributed by atoms with Crippen LogP contribution in [0.4, 0.5) is 11.4 Å². The molecule has 0 radical (unpaired) electrons. The summed E-state index contributed by atoms with van der Waals surface area (Å²) in [5.74, 6) is 1.01. The number of benzene rings is 2. The summed E-state index contributed by atoms with van der Waals surface area (Å²) in [6.07, 6.45) is 0. The van der Waals surface area contributed by atoms with Crippen molar-refractivity contribution < 1.29 is 19.0 Å². The highest BCUT2D eigenvalue weighted by molar-refractivity contribution is 9.10. The molecule has 5 nitrogen and oxygen atoms in total. The summed E-state index contributed by atoms with van der Waals surface area (Å²) in [6, 6.07) is 8.83. The van der Waals surface area contributed by atoms with Gasteiger partial charge in [0.25, 0.3) is 0 Å². The fourth-order valence-electron chi connectivity index (χ4n) is 2.18. The lowest BCUT2D eigenvalue weighted by Crippen LogP contribution is -2.03. The van der Waals surface area contributed by atoms with Crippen LogP contribution in [-0.2, 0) is 4.74 Å². The number of anilines is 2. The topological polar surface area (TPSA) is 56.8 Å². The van der Waals surface area contributed by atoms with Crippen molar-refractivity contribution in [2.45, 2.75) is 6.92 Å². The van der Waals surface area contributed by atoms with Crippen LogP contribution in [0.25, 0.3) is 0 Å². The van der Waals surface area contributed by atoms with Crippen LogP contribution in [0.1, 0.15) is 15.9 Å². The predicted molar refractivity (Wildman–Crippen MR) is 93.0 cm³/mol. The minimum atomic E-state index is -0.402. The smallest absolute Gasteiger partial charge is 0.337 e. The Morgan fingerprint density at radius 3 is 2.26 bits per heavy atom. The highest BCUT2D eigenvalue weighted by Gasteiger charge is 2.13. The minimum absolute atomic E-state index is 0.402. The number of hydrogen-bond acceptors (Lipinski definition) is 5. The molecule has 23 heavy (non-hydrogen) atoms. The molecule has 2 rings (SSSR count). The summed E-state index contributed by atoms with van der Waals surface area (Å²) in [5.41, 5.74) is 2.92. The molecule has 0 fully saturated rings. The number of carbonyl (C=O) groups excluding carboxylic acids is 1. The number of nitrogens with one attached hydrogen (secondary N) is 1. The van der Waals surface area contributed by atoms with Gasteiger partial charge in [-0.3, -0.25) is 0 Å². The van der Waals surface area contributed by atoms with Crippen molar-refractivity contribution in [3.05, 3.63) is 45.9 Å². The molecule has 0 heterocycles. The van der Waals surface area contributed by atoms with Crippen molar-refractivity contribution in [1.29, 1.82) is 0 Å². The number of methoxy groups -OCH3 is 3. The van der Waals surface area contributed by atoms with Gasteiger partial charge in [-0.25, -0.2) is 4.79 Å². The molecule has 0 aliphatic heterocycles. The van der Waals surface area contributed by atoms with E-state index in [1.807, 2.05) is 19.1 Å². The van der Waals surface area contributed by atoms with Crippen LogP contribution in [0.2, 0.25) is 0 Å².